The van der Waals surface area contributed by atoms with Crippen LogP contribution in [-0.2, 0) is 11.3 Å². The maximum absolute atomic E-state index is 12.6. The first-order valence-electron chi connectivity index (χ1n) is 8.68. The molecule has 0 radical (unpaired) electrons. The highest BCUT2D eigenvalue weighted by molar-refractivity contribution is 6.07. The molecule has 1 aliphatic rings. The molecule has 1 N–H and O–H groups in total. The van der Waals surface area contributed by atoms with Gasteiger partial charge in [-0.1, -0.05) is 6.07 Å². The summed E-state index contributed by atoms with van der Waals surface area (Å²) in [6, 6.07) is 8.04. The summed E-state index contributed by atoms with van der Waals surface area (Å²) in [5.41, 5.74) is 0.996. The number of nitro benzene ring substituents is 1. The molecule has 0 spiro atoms. The van der Waals surface area contributed by atoms with Gasteiger partial charge in [0.05, 0.1) is 30.0 Å². The summed E-state index contributed by atoms with van der Waals surface area (Å²) in [7, 11) is 0. The summed E-state index contributed by atoms with van der Waals surface area (Å²) in [6.45, 7) is 6.79. The number of amides is 1. The third-order valence-corrected chi connectivity index (χ3v) is 4.61. The third kappa shape index (κ3) is 4.47. The Morgan fingerprint density at radius 2 is 2.22 bits per heavy atom. The number of carbonyl (C=O) groups excluding carboxylic acids is 1. The number of anilines is 1. The summed E-state index contributed by atoms with van der Waals surface area (Å²) in [4.78, 5) is 29.6. The summed E-state index contributed by atoms with van der Waals surface area (Å²) >= 11 is 0. The summed E-state index contributed by atoms with van der Waals surface area (Å²) in [5, 5.41) is 14.0. The second-order valence-electron chi connectivity index (χ2n) is 7.09. The van der Waals surface area contributed by atoms with E-state index >= 15 is 0 Å². The van der Waals surface area contributed by atoms with Crippen molar-refractivity contribution in [1.29, 1.82) is 0 Å². The highest BCUT2D eigenvalue weighted by Crippen LogP contribution is 2.25. The minimum absolute atomic E-state index is 0.0346. The SMILES string of the molecule is CC1(C)COCCN1Cc1ccc([N+](=O)[O-])c(C(=O)Nc2cccnc2)c1. The molecule has 2 aromatic rings. The first-order chi connectivity index (χ1) is 12.9. The van der Waals surface area contributed by atoms with E-state index in [9.17, 15) is 14.9 Å². The van der Waals surface area contributed by atoms with Gasteiger partial charge in [-0.3, -0.25) is 24.8 Å². The van der Waals surface area contributed by atoms with Gasteiger partial charge < -0.3 is 10.1 Å². The number of aromatic nitrogens is 1. The molecule has 1 saturated heterocycles. The van der Waals surface area contributed by atoms with E-state index in [4.69, 9.17) is 4.74 Å². The van der Waals surface area contributed by atoms with Crippen molar-refractivity contribution in [3.05, 3.63) is 64.0 Å². The van der Waals surface area contributed by atoms with Gasteiger partial charge in [-0.15, -0.1) is 0 Å². The first kappa shape index (κ1) is 18.9. The molecule has 142 valence electrons. The molecule has 0 bridgehead atoms. The number of ether oxygens (including phenoxy) is 1. The smallest absolute Gasteiger partial charge is 0.282 e. The van der Waals surface area contributed by atoms with Crippen molar-refractivity contribution in [3.8, 4) is 0 Å². The monoisotopic (exact) mass is 370 g/mol. The largest absolute Gasteiger partial charge is 0.378 e. The summed E-state index contributed by atoms with van der Waals surface area (Å²) in [6.07, 6.45) is 3.08. The topological polar surface area (TPSA) is 97.6 Å². The van der Waals surface area contributed by atoms with Crippen LogP contribution in [0.5, 0.6) is 0 Å². The molecule has 2 heterocycles. The number of nitro groups is 1. The molecule has 1 aromatic heterocycles. The van der Waals surface area contributed by atoms with Crippen molar-refractivity contribution in [2.75, 3.05) is 25.1 Å². The van der Waals surface area contributed by atoms with Gasteiger partial charge in [0.1, 0.15) is 5.56 Å². The zero-order valence-electron chi connectivity index (χ0n) is 15.3. The van der Waals surface area contributed by atoms with Crippen molar-refractivity contribution in [2.24, 2.45) is 0 Å². The molecular formula is C19H22N4O4. The van der Waals surface area contributed by atoms with E-state index < -0.39 is 10.8 Å². The molecule has 0 atom stereocenters. The third-order valence-electron chi connectivity index (χ3n) is 4.61. The van der Waals surface area contributed by atoms with Crippen molar-refractivity contribution in [1.82, 2.24) is 9.88 Å². The normalized spacial score (nSPS) is 16.7. The lowest BCUT2D eigenvalue weighted by Crippen LogP contribution is -2.52. The molecule has 1 aliphatic heterocycles. The predicted octanol–water partition coefficient (Wildman–Crippen LogP) is 2.85. The minimum Gasteiger partial charge on any atom is -0.378 e. The van der Waals surface area contributed by atoms with Crippen LogP contribution < -0.4 is 5.32 Å². The van der Waals surface area contributed by atoms with Crippen LogP contribution >= 0.6 is 0 Å². The average molecular weight is 370 g/mol. The first-order valence-corrected chi connectivity index (χ1v) is 8.68. The highest BCUT2D eigenvalue weighted by Gasteiger charge is 2.31. The molecule has 1 aromatic carbocycles. The van der Waals surface area contributed by atoms with E-state index in [2.05, 4.69) is 29.0 Å². The molecule has 8 nitrogen and oxygen atoms in total. The van der Waals surface area contributed by atoms with E-state index in [1.54, 1.807) is 30.5 Å². The van der Waals surface area contributed by atoms with E-state index in [0.29, 0.717) is 25.4 Å². The Labute approximate surface area is 157 Å². The summed E-state index contributed by atoms with van der Waals surface area (Å²) in [5.74, 6) is -0.530. The Kier molecular flexibility index (Phi) is 5.48. The molecule has 3 rings (SSSR count). The van der Waals surface area contributed by atoms with E-state index in [1.165, 1.54) is 12.3 Å². The average Bonchev–Trinajstić information content (AvgIpc) is 2.64. The molecule has 0 saturated carbocycles. The number of rotatable bonds is 5. The summed E-state index contributed by atoms with van der Waals surface area (Å²) < 4.78 is 5.53. The van der Waals surface area contributed by atoms with E-state index in [1.807, 2.05) is 0 Å². The Morgan fingerprint density at radius 3 is 2.89 bits per heavy atom. The molecule has 1 amide bonds. The maximum atomic E-state index is 12.6. The van der Waals surface area contributed by atoms with Crippen LogP contribution in [0.1, 0.15) is 29.8 Å². The molecule has 27 heavy (non-hydrogen) atoms. The van der Waals surface area contributed by atoms with Gasteiger partial charge in [-0.25, -0.2) is 0 Å². The van der Waals surface area contributed by atoms with Gasteiger partial charge in [-0.2, -0.15) is 0 Å². The number of hydrogen-bond acceptors (Lipinski definition) is 6. The van der Waals surface area contributed by atoms with Crippen LogP contribution in [-0.4, -0.2) is 46.0 Å². The highest BCUT2D eigenvalue weighted by atomic mass is 16.6. The molecule has 0 aliphatic carbocycles. The Balaban J connectivity index is 1.86. The number of pyridine rings is 1. The second-order valence-corrected chi connectivity index (χ2v) is 7.09. The van der Waals surface area contributed by atoms with Crippen molar-refractivity contribution in [2.45, 2.75) is 25.9 Å². The Morgan fingerprint density at radius 1 is 1.41 bits per heavy atom. The fourth-order valence-corrected chi connectivity index (χ4v) is 3.06. The zero-order chi connectivity index (χ0) is 19.4. The fourth-order valence-electron chi connectivity index (χ4n) is 3.06. The molecule has 8 heteroatoms. The quantitative estimate of drug-likeness (QED) is 0.642. The fraction of sp³-hybridized carbons (Fsp3) is 0.368. The van der Waals surface area contributed by atoms with Gasteiger partial charge in [-0.05, 0) is 37.6 Å². The van der Waals surface area contributed by atoms with Crippen LogP contribution in [0.25, 0.3) is 0 Å². The van der Waals surface area contributed by atoms with Gasteiger partial charge in [0.15, 0.2) is 0 Å². The zero-order valence-corrected chi connectivity index (χ0v) is 15.3. The van der Waals surface area contributed by atoms with Crippen molar-refractivity contribution < 1.29 is 14.5 Å². The lowest BCUT2D eigenvalue weighted by atomic mass is 10.0. The van der Waals surface area contributed by atoms with E-state index in [0.717, 1.165) is 12.1 Å². The number of morpholine rings is 1. The number of benzene rings is 1. The van der Waals surface area contributed by atoms with Crippen LogP contribution in [0.2, 0.25) is 0 Å². The lowest BCUT2D eigenvalue weighted by molar-refractivity contribution is -0.385. The molecular weight excluding hydrogens is 348 g/mol. The van der Waals surface area contributed by atoms with Gasteiger partial charge >= 0.3 is 0 Å². The van der Waals surface area contributed by atoms with Gasteiger partial charge in [0.25, 0.3) is 11.6 Å². The Hall–Kier alpha value is -2.84. The molecule has 0 unspecified atom stereocenters. The molecule has 1 fully saturated rings. The van der Waals surface area contributed by atoms with Crippen LogP contribution in [0, 0.1) is 10.1 Å². The number of nitrogens with one attached hydrogen (secondary N) is 1. The number of carbonyl (C=O) groups is 1. The number of nitrogens with zero attached hydrogens (tertiary/aromatic N) is 3. The van der Waals surface area contributed by atoms with E-state index in [-0.39, 0.29) is 16.8 Å². The van der Waals surface area contributed by atoms with Gasteiger partial charge in [0.2, 0.25) is 0 Å². The van der Waals surface area contributed by atoms with Crippen LogP contribution in [0.15, 0.2) is 42.7 Å². The van der Waals surface area contributed by atoms with Crippen LogP contribution in [0.3, 0.4) is 0 Å². The van der Waals surface area contributed by atoms with Crippen molar-refractivity contribution >= 4 is 17.3 Å². The standard InChI is InChI=1S/C19H22N4O4/c1-19(2)13-27-9-8-22(19)12-14-5-6-17(23(25)26)16(10-14)18(24)21-15-4-3-7-20-11-15/h3-7,10-11H,8-9,12-13H2,1-2H3,(H,21,24). The van der Waals surface area contributed by atoms with Gasteiger partial charge in [0, 0.05) is 30.9 Å². The van der Waals surface area contributed by atoms with Crippen LogP contribution in [0.4, 0.5) is 11.4 Å². The minimum atomic E-state index is -0.541. The lowest BCUT2D eigenvalue weighted by Gasteiger charge is -2.42. The van der Waals surface area contributed by atoms with Crippen molar-refractivity contribution in [3.63, 3.8) is 0 Å². The Bertz CT molecular complexity index is 839. The maximum Gasteiger partial charge on any atom is 0.282 e. The number of hydrogen-bond donors (Lipinski definition) is 1. The second kappa shape index (κ2) is 7.81. The predicted molar refractivity (Wildman–Crippen MR) is 101 cm³/mol.